The van der Waals surface area contributed by atoms with Gasteiger partial charge in [-0.15, -0.1) is 11.3 Å². The number of thiophene rings is 1. The summed E-state index contributed by atoms with van der Waals surface area (Å²) >= 11 is 6.65. The van der Waals surface area contributed by atoms with E-state index in [9.17, 15) is 13.6 Å². The Labute approximate surface area is 83.2 Å². The molecule has 0 aliphatic heterocycles. The molecule has 0 amide bonds. The Morgan fingerprint density at radius 1 is 1.69 bits per heavy atom. The molecule has 2 nitrogen and oxygen atoms in total. The van der Waals surface area contributed by atoms with Crippen LogP contribution in [-0.2, 0) is 4.79 Å². The lowest BCUT2D eigenvalue weighted by atomic mass is 9.98. The first-order chi connectivity index (χ1) is 6.16. The minimum atomic E-state index is -2.57. The Morgan fingerprint density at radius 3 is 2.92 bits per heavy atom. The third-order valence-corrected chi connectivity index (χ3v) is 2.61. The normalized spacial score (nSPS) is 10.2. The molecule has 0 aliphatic carbocycles. The predicted molar refractivity (Wildman–Crippen MR) is 51.8 cm³/mol. The summed E-state index contributed by atoms with van der Waals surface area (Å²) in [4.78, 5) is 10.0. The smallest absolute Gasteiger partial charge is 0.308 e. The molecule has 0 fully saturated rings. The Balaban J connectivity index is 2.87. The van der Waals surface area contributed by atoms with Crippen LogP contribution in [0.3, 0.4) is 0 Å². The summed E-state index contributed by atoms with van der Waals surface area (Å²) in [7, 11) is -0.0177. The second-order valence-corrected chi connectivity index (χ2v) is 3.67. The second kappa shape index (κ2) is 4.57. The van der Waals surface area contributed by atoms with Crippen molar-refractivity contribution >= 4 is 42.2 Å². The zero-order valence-electron chi connectivity index (χ0n) is 6.39. The van der Waals surface area contributed by atoms with E-state index in [-0.39, 0.29) is 23.0 Å². The number of hydrogen-bond donors (Lipinski definition) is 1. The molecule has 0 bridgehead atoms. The van der Waals surface area contributed by atoms with Crippen LogP contribution < -0.4 is 5.23 Å². The van der Waals surface area contributed by atoms with Gasteiger partial charge < -0.3 is 10.0 Å². The molecule has 0 radical (unpaired) electrons. The highest BCUT2D eigenvalue weighted by atomic mass is 35.5. The summed E-state index contributed by atoms with van der Waals surface area (Å²) in [6, 6.07) is 0. The van der Waals surface area contributed by atoms with E-state index in [0.717, 1.165) is 11.3 Å². The largest absolute Gasteiger partial charge is 0.422 e. The molecule has 0 aromatic carbocycles. The van der Waals surface area contributed by atoms with Crippen molar-refractivity contribution in [3.8, 4) is 0 Å². The van der Waals surface area contributed by atoms with Crippen molar-refractivity contribution in [3.05, 3.63) is 15.3 Å². The molecule has 0 atom stereocenters. The van der Waals surface area contributed by atoms with E-state index in [1.165, 1.54) is 5.38 Å². The lowest BCUT2D eigenvalue weighted by Crippen LogP contribution is -2.08. The molecule has 0 spiro atoms. The number of anilines is 1. The molecule has 1 N–H and O–H groups in total. The first-order valence-electron chi connectivity index (χ1n) is 3.39. The summed E-state index contributed by atoms with van der Waals surface area (Å²) in [5.41, 5.74) is 0.00520. The number of nitrogens with one attached hydrogen (secondary N) is 1. The quantitative estimate of drug-likeness (QED) is 0.627. The number of carbonyl (C=O) groups excluding carboxylic acids is 1. The molecule has 0 saturated carbocycles. The van der Waals surface area contributed by atoms with Crippen molar-refractivity contribution in [1.29, 1.82) is 0 Å². The first kappa shape index (κ1) is 10.5. The van der Waals surface area contributed by atoms with E-state index < -0.39 is 6.43 Å². The van der Waals surface area contributed by atoms with Gasteiger partial charge in [-0.3, -0.25) is 0 Å². The Bertz CT molecular complexity index is 307. The van der Waals surface area contributed by atoms with E-state index in [1.54, 1.807) is 0 Å². The van der Waals surface area contributed by atoms with Crippen LogP contribution in [-0.4, -0.2) is 13.6 Å². The van der Waals surface area contributed by atoms with Crippen LogP contribution in [0, 0.1) is 0 Å². The lowest BCUT2D eigenvalue weighted by molar-refractivity contribution is 0.153. The van der Waals surface area contributed by atoms with Crippen molar-refractivity contribution in [3.63, 3.8) is 0 Å². The van der Waals surface area contributed by atoms with Gasteiger partial charge in [-0.2, -0.15) is 0 Å². The molecule has 0 unspecified atom stereocenters. The van der Waals surface area contributed by atoms with E-state index in [1.807, 2.05) is 0 Å². The zero-order valence-corrected chi connectivity index (χ0v) is 7.96. The van der Waals surface area contributed by atoms with Crippen LogP contribution >= 0.6 is 22.9 Å². The van der Waals surface area contributed by atoms with Crippen molar-refractivity contribution < 1.29 is 13.6 Å². The Morgan fingerprint density at radius 2 is 2.38 bits per heavy atom. The molecule has 1 heterocycles. The van der Waals surface area contributed by atoms with Gasteiger partial charge in [0.25, 0.3) is 6.43 Å². The maximum Gasteiger partial charge on any atom is 0.308 e. The fourth-order valence-electron chi connectivity index (χ4n) is 0.822. The first-order valence-corrected chi connectivity index (χ1v) is 4.65. The second-order valence-electron chi connectivity index (χ2n) is 2.19. The maximum absolute atomic E-state index is 12.3. The monoisotopic (exact) mass is 223 g/mol. The minimum absolute atomic E-state index is 0.0177. The van der Waals surface area contributed by atoms with E-state index >= 15 is 0 Å². The van der Waals surface area contributed by atoms with Gasteiger partial charge in [-0.1, -0.05) is 11.6 Å². The summed E-state index contributed by atoms with van der Waals surface area (Å²) in [5, 5.41) is 3.80. The predicted octanol–water partition coefficient (Wildman–Crippen LogP) is 2.29. The molecule has 13 heavy (non-hydrogen) atoms. The molecule has 7 heteroatoms. The standard InChI is InChI=1S/C6H5BClF2NOS/c8-5-4(11-7-2-12)3(1-13-5)6(9)10/h1-2,6-7,11H. The molecular weight excluding hydrogens is 218 g/mol. The van der Waals surface area contributed by atoms with Crippen LogP contribution in [0.2, 0.25) is 4.34 Å². The maximum atomic E-state index is 12.3. The van der Waals surface area contributed by atoms with E-state index in [0.29, 0.717) is 6.19 Å². The van der Waals surface area contributed by atoms with Crippen LogP contribution in [0.15, 0.2) is 5.38 Å². The lowest BCUT2D eigenvalue weighted by Gasteiger charge is -2.03. The number of hydrogen-bond acceptors (Lipinski definition) is 3. The van der Waals surface area contributed by atoms with Crippen molar-refractivity contribution in [2.24, 2.45) is 0 Å². The molecular formula is C6H5BClF2NOS. The number of rotatable bonds is 4. The highest BCUT2D eigenvalue weighted by molar-refractivity contribution is 7.15. The van der Waals surface area contributed by atoms with Crippen molar-refractivity contribution in [2.45, 2.75) is 6.43 Å². The van der Waals surface area contributed by atoms with Gasteiger partial charge in [0.2, 0.25) is 0 Å². The fraction of sp³-hybridized carbons (Fsp3) is 0.167. The zero-order chi connectivity index (χ0) is 9.84. The molecule has 1 aromatic rings. The van der Waals surface area contributed by atoms with Gasteiger partial charge >= 0.3 is 7.41 Å². The highest BCUT2D eigenvalue weighted by Gasteiger charge is 2.17. The Kier molecular flexibility index (Phi) is 3.68. The van der Waals surface area contributed by atoms with E-state index in [2.05, 4.69) is 5.23 Å². The van der Waals surface area contributed by atoms with Crippen LogP contribution in [0.4, 0.5) is 14.5 Å². The molecule has 1 aromatic heterocycles. The molecule has 0 aliphatic rings. The SMILES string of the molecule is O=CBNc1c(C(F)F)csc1Cl. The van der Waals surface area contributed by atoms with Gasteiger partial charge in [-0.05, 0) is 0 Å². The summed E-state index contributed by atoms with van der Waals surface area (Å²) in [6.07, 6.45) is -1.98. The topological polar surface area (TPSA) is 29.1 Å². The van der Waals surface area contributed by atoms with Gasteiger partial charge in [-0.25, -0.2) is 8.78 Å². The number of carbonyl (C=O) groups is 1. The van der Waals surface area contributed by atoms with E-state index in [4.69, 9.17) is 11.6 Å². The summed E-state index contributed by atoms with van der Waals surface area (Å²) in [6.45, 7) is 0. The third-order valence-electron chi connectivity index (χ3n) is 1.37. The fourth-order valence-corrected chi connectivity index (χ4v) is 1.89. The van der Waals surface area contributed by atoms with Gasteiger partial charge in [0.05, 0.1) is 11.3 Å². The molecule has 70 valence electrons. The van der Waals surface area contributed by atoms with Gasteiger partial charge in [0.1, 0.15) is 10.5 Å². The molecule has 0 saturated heterocycles. The van der Waals surface area contributed by atoms with Crippen LogP contribution in [0.1, 0.15) is 12.0 Å². The Hall–Kier alpha value is -0.615. The van der Waals surface area contributed by atoms with Crippen LogP contribution in [0.25, 0.3) is 0 Å². The van der Waals surface area contributed by atoms with Gasteiger partial charge in [0.15, 0.2) is 0 Å². The average molecular weight is 223 g/mol. The van der Waals surface area contributed by atoms with Gasteiger partial charge in [0, 0.05) is 5.38 Å². The van der Waals surface area contributed by atoms with Crippen molar-refractivity contribution in [2.75, 3.05) is 5.23 Å². The average Bonchev–Trinajstić information content (AvgIpc) is 2.43. The summed E-state index contributed by atoms with van der Waals surface area (Å²) < 4.78 is 24.8. The summed E-state index contributed by atoms with van der Waals surface area (Å²) in [5.74, 6) is 0. The molecule has 1 rings (SSSR count). The van der Waals surface area contributed by atoms with Crippen molar-refractivity contribution in [1.82, 2.24) is 0 Å². The van der Waals surface area contributed by atoms with Crippen LogP contribution in [0.5, 0.6) is 0 Å². The highest BCUT2D eigenvalue weighted by Crippen LogP contribution is 2.38. The third kappa shape index (κ3) is 2.41. The number of halogens is 3. The number of alkyl halides is 2. The minimum Gasteiger partial charge on any atom is -0.422 e.